The number of alkyl halides is 3. The van der Waals surface area contributed by atoms with Crippen molar-refractivity contribution in [2.45, 2.75) is 13.1 Å². The first kappa shape index (κ1) is 23.9. The molecule has 2 aromatic carbocycles. The van der Waals surface area contributed by atoms with Crippen molar-refractivity contribution in [3.8, 4) is 28.5 Å². The van der Waals surface area contributed by atoms with E-state index in [2.05, 4.69) is 10.2 Å². The molecule has 0 bridgehead atoms. The van der Waals surface area contributed by atoms with Crippen molar-refractivity contribution in [1.29, 1.82) is 0 Å². The summed E-state index contributed by atoms with van der Waals surface area (Å²) >= 11 is 6.11. The van der Waals surface area contributed by atoms with Crippen molar-refractivity contribution in [3.63, 3.8) is 0 Å². The van der Waals surface area contributed by atoms with Crippen LogP contribution in [0.2, 0.25) is 5.02 Å². The smallest absolute Gasteiger partial charge is 0.490 e. The van der Waals surface area contributed by atoms with Crippen LogP contribution >= 0.6 is 11.6 Å². The summed E-state index contributed by atoms with van der Waals surface area (Å²) < 4.78 is 42.8. The standard InChI is InChI=1S/C19H16ClN3O3.C2HF3O2/c1-9-16-11(7-15(25-2)18(9)26-3)17(22-19-12(16)8-21-23-19)10-4-5-14(24)13(20)6-10;3-2(4,5)1(6)7/h4-8,24H,1-3H3,(H,21,22,23);(H,6,7). The summed E-state index contributed by atoms with van der Waals surface area (Å²) in [6.45, 7) is 1.98. The van der Waals surface area contributed by atoms with Gasteiger partial charge in [0, 0.05) is 27.3 Å². The molecule has 0 radical (unpaired) electrons. The number of nitrogens with one attached hydrogen (secondary N) is 1. The van der Waals surface area contributed by atoms with E-state index in [1.54, 1.807) is 38.6 Å². The highest BCUT2D eigenvalue weighted by Crippen LogP contribution is 2.43. The van der Waals surface area contributed by atoms with E-state index in [4.69, 9.17) is 36.0 Å². The highest BCUT2D eigenvalue weighted by molar-refractivity contribution is 6.32. The van der Waals surface area contributed by atoms with Crippen LogP contribution in [0.15, 0.2) is 30.5 Å². The Balaban J connectivity index is 0.000000383. The summed E-state index contributed by atoms with van der Waals surface area (Å²) in [5.41, 5.74) is 3.08. The molecule has 33 heavy (non-hydrogen) atoms. The van der Waals surface area contributed by atoms with Gasteiger partial charge in [-0.3, -0.25) is 5.10 Å². The van der Waals surface area contributed by atoms with Crippen LogP contribution in [0.5, 0.6) is 17.2 Å². The van der Waals surface area contributed by atoms with E-state index in [1.807, 2.05) is 13.0 Å². The molecule has 0 aliphatic heterocycles. The SMILES string of the molecule is COc1cc2c(-c3ccc(O)c(Cl)c3)nc3[nH]ncc3c2c(C)c1OC.O=C(O)C(F)(F)F. The molecular formula is C21H17ClF3N3O5. The van der Waals surface area contributed by atoms with E-state index in [0.29, 0.717) is 22.8 Å². The molecule has 174 valence electrons. The molecule has 0 aliphatic rings. The summed E-state index contributed by atoms with van der Waals surface area (Å²) in [5, 5.41) is 26.9. The third kappa shape index (κ3) is 4.58. The summed E-state index contributed by atoms with van der Waals surface area (Å²) in [6.07, 6.45) is -3.34. The van der Waals surface area contributed by atoms with Crippen molar-refractivity contribution in [2.75, 3.05) is 14.2 Å². The monoisotopic (exact) mass is 483 g/mol. The molecule has 0 unspecified atom stereocenters. The maximum absolute atomic E-state index is 10.6. The molecule has 0 saturated carbocycles. The summed E-state index contributed by atoms with van der Waals surface area (Å²) in [6, 6.07) is 6.91. The lowest BCUT2D eigenvalue weighted by Gasteiger charge is -2.16. The summed E-state index contributed by atoms with van der Waals surface area (Å²) in [5.74, 6) is -1.44. The first-order valence-corrected chi connectivity index (χ1v) is 9.54. The molecule has 12 heteroatoms. The molecule has 0 amide bonds. The van der Waals surface area contributed by atoms with Crippen molar-refractivity contribution in [2.24, 2.45) is 0 Å². The second kappa shape index (κ2) is 9.02. The van der Waals surface area contributed by atoms with Gasteiger partial charge in [0.05, 0.1) is 31.1 Å². The molecule has 2 aromatic heterocycles. The Morgan fingerprint density at radius 2 is 1.82 bits per heavy atom. The number of aromatic amines is 1. The number of hydrogen-bond acceptors (Lipinski definition) is 6. The number of aromatic hydroxyl groups is 1. The zero-order valence-electron chi connectivity index (χ0n) is 17.4. The number of aliphatic carboxylic acids is 1. The second-order valence-corrected chi connectivity index (χ2v) is 7.13. The average molecular weight is 484 g/mol. The fraction of sp³-hybridized carbons (Fsp3) is 0.190. The minimum Gasteiger partial charge on any atom is -0.506 e. The Labute approximate surface area is 189 Å². The van der Waals surface area contributed by atoms with E-state index in [0.717, 1.165) is 27.3 Å². The Morgan fingerprint density at radius 3 is 2.36 bits per heavy atom. The van der Waals surface area contributed by atoms with Gasteiger partial charge in [-0.25, -0.2) is 9.78 Å². The van der Waals surface area contributed by atoms with Gasteiger partial charge in [0.2, 0.25) is 0 Å². The number of nitrogens with zero attached hydrogens (tertiary/aromatic N) is 2. The number of ether oxygens (including phenoxy) is 2. The van der Waals surface area contributed by atoms with Gasteiger partial charge in [0.15, 0.2) is 17.1 Å². The molecule has 0 aliphatic carbocycles. The molecule has 0 saturated heterocycles. The van der Waals surface area contributed by atoms with Gasteiger partial charge in [-0.05, 0) is 31.2 Å². The third-order valence-electron chi connectivity index (χ3n) is 4.74. The van der Waals surface area contributed by atoms with Crippen LogP contribution in [-0.2, 0) is 4.79 Å². The fourth-order valence-electron chi connectivity index (χ4n) is 3.30. The van der Waals surface area contributed by atoms with Crippen LogP contribution in [0, 0.1) is 6.92 Å². The molecule has 0 spiro atoms. The van der Waals surface area contributed by atoms with Crippen LogP contribution < -0.4 is 9.47 Å². The normalized spacial score (nSPS) is 11.2. The number of hydrogen-bond donors (Lipinski definition) is 3. The maximum atomic E-state index is 10.6. The number of aryl methyl sites for hydroxylation is 1. The molecule has 4 aromatic rings. The molecule has 3 N–H and O–H groups in total. The number of halogens is 4. The van der Waals surface area contributed by atoms with Crippen molar-refractivity contribution >= 4 is 39.4 Å². The first-order valence-electron chi connectivity index (χ1n) is 9.17. The number of rotatable bonds is 3. The third-order valence-corrected chi connectivity index (χ3v) is 5.04. The predicted octanol–water partition coefficient (Wildman–Crippen LogP) is 5.10. The number of pyridine rings is 1. The van der Waals surface area contributed by atoms with Crippen LogP contribution in [0.4, 0.5) is 13.2 Å². The van der Waals surface area contributed by atoms with Gasteiger partial charge in [-0.15, -0.1) is 0 Å². The van der Waals surface area contributed by atoms with Crippen LogP contribution in [-0.4, -0.2) is 51.8 Å². The number of fused-ring (bicyclic) bond motifs is 3. The lowest BCUT2D eigenvalue weighted by molar-refractivity contribution is -0.192. The second-order valence-electron chi connectivity index (χ2n) is 6.72. The topological polar surface area (TPSA) is 118 Å². The minimum atomic E-state index is -5.08. The number of phenols is 1. The Bertz CT molecular complexity index is 1350. The minimum absolute atomic E-state index is 0.0257. The van der Waals surface area contributed by atoms with E-state index >= 15 is 0 Å². The number of carbonyl (C=O) groups is 1. The van der Waals surface area contributed by atoms with Gasteiger partial charge in [-0.2, -0.15) is 18.3 Å². The number of methoxy groups -OCH3 is 2. The molecule has 4 rings (SSSR count). The highest BCUT2D eigenvalue weighted by atomic mass is 35.5. The van der Waals surface area contributed by atoms with Crippen molar-refractivity contribution < 1.29 is 37.7 Å². The van der Waals surface area contributed by atoms with Gasteiger partial charge >= 0.3 is 12.1 Å². The zero-order valence-corrected chi connectivity index (χ0v) is 18.2. The largest absolute Gasteiger partial charge is 0.506 e. The fourth-order valence-corrected chi connectivity index (χ4v) is 3.48. The number of carboxylic acids is 1. The van der Waals surface area contributed by atoms with Crippen molar-refractivity contribution in [1.82, 2.24) is 15.2 Å². The number of carboxylic acid groups (broad SMARTS) is 1. The first-order chi connectivity index (χ1) is 15.5. The molecule has 0 atom stereocenters. The predicted molar refractivity (Wildman–Crippen MR) is 115 cm³/mol. The lowest BCUT2D eigenvalue weighted by Crippen LogP contribution is -2.21. The molecular weight excluding hydrogens is 467 g/mol. The maximum Gasteiger partial charge on any atom is 0.490 e. The van der Waals surface area contributed by atoms with Gasteiger partial charge in [0.1, 0.15) is 5.75 Å². The average Bonchev–Trinajstić information content (AvgIpc) is 3.22. The van der Waals surface area contributed by atoms with Gasteiger partial charge in [-0.1, -0.05) is 11.6 Å². The van der Waals surface area contributed by atoms with E-state index in [9.17, 15) is 18.3 Å². The Hall–Kier alpha value is -3.73. The van der Waals surface area contributed by atoms with Crippen LogP contribution in [0.25, 0.3) is 33.1 Å². The zero-order chi connectivity index (χ0) is 24.5. The summed E-state index contributed by atoms with van der Waals surface area (Å²) in [4.78, 5) is 13.6. The number of phenolic OH excluding ortho intramolecular Hbond substituents is 1. The van der Waals surface area contributed by atoms with E-state index in [1.165, 1.54) is 0 Å². The number of aromatic nitrogens is 3. The molecule has 8 nitrogen and oxygen atoms in total. The van der Waals surface area contributed by atoms with E-state index in [-0.39, 0.29) is 10.8 Å². The van der Waals surface area contributed by atoms with Gasteiger partial charge in [0.25, 0.3) is 0 Å². The quantitative estimate of drug-likeness (QED) is 0.371. The van der Waals surface area contributed by atoms with Crippen molar-refractivity contribution in [3.05, 3.63) is 41.0 Å². The number of benzene rings is 2. The Morgan fingerprint density at radius 1 is 1.15 bits per heavy atom. The molecule has 0 fully saturated rings. The summed E-state index contributed by atoms with van der Waals surface area (Å²) in [7, 11) is 3.22. The number of H-pyrrole nitrogens is 1. The van der Waals surface area contributed by atoms with Gasteiger partial charge < -0.3 is 19.7 Å². The molecule has 2 heterocycles. The van der Waals surface area contributed by atoms with Crippen LogP contribution in [0.3, 0.4) is 0 Å². The van der Waals surface area contributed by atoms with E-state index < -0.39 is 12.1 Å². The lowest BCUT2D eigenvalue weighted by atomic mass is 9.97. The van der Waals surface area contributed by atoms with Crippen LogP contribution in [0.1, 0.15) is 5.56 Å². The highest BCUT2D eigenvalue weighted by Gasteiger charge is 2.38. The Kier molecular flexibility index (Phi) is 6.54.